The van der Waals surface area contributed by atoms with E-state index in [0.29, 0.717) is 56.2 Å². The zero-order valence-electron chi connectivity index (χ0n) is 26.1. The lowest BCUT2D eigenvalue weighted by molar-refractivity contribution is -0.142. The van der Waals surface area contributed by atoms with Crippen molar-refractivity contribution in [2.24, 2.45) is 11.8 Å². The first kappa shape index (κ1) is 33.2. The topological polar surface area (TPSA) is 116 Å². The van der Waals surface area contributed by atoms with E-state index < -0.39 is 17.3 Å². The Morgan fingerprint density at radius 3 is 2.28 bits per heavy atom. The van der Waals surface area contributed by atoms with Gasteiger partial charge in [0.1, 0.15) is 12.1 Å². The van der Waals surface area contributed by atoms with E-state index in [4.69, 9.17) is 0 Å². The molecule has 242 valence electrons. The molecule has 1 saturated heterocycles. The molecule has 5 rings (SSSR count). The summed E-state index contributed by atoms with van der Waals surface area (Å²) in [4.78, 5) is 69.0. The van der Waals surface area contributed by atoms with Gasteiger partial charge in [0.2, 0.25) is 17.7 Å². The van der Waals surface area contributed by atoms with Gasteiger partial charge in [0.25, 0.3) is 11.8 Å². The lowest BCUT2D eigenvalue weighted by Crippen LogP contribution is -2.56. The Balaban J connectivity index is 1.23. The van der Waals surface area contributed by atoms with Crippen molar-refractivity contribution in [2.75, 3.05) is 20.1 Å². The van der Waals surface area contributed by atoms with Crippen LogP contribution < -0.4 is 10.6 Å². The number of rotatable bonds is 12. The summed E-state index contributed by atoms with van der Waals surface area (Å²) in [5, 5.41) is 5.05. The van der Waals surface area contributed by atoms with Crippen molar-refractivity contribution in [3.05, 3.63) is 95.6 Å². The van der Waals surface area contributed by atoms with Crippen LogP contribution in [0.2, 0.25) is 0 Å². The number of amides is 5. The molecule has 1 fully saturated rings. The van der Waals surface area contributed by atoms with Gasteiger partial charge in [-0.3, -0.25) is 28.9 Å². The molecule has 2 aliphatic heterocycles. The Morgan fingerprint density at radius 2 is 1.63 bits per heavy atom. The maximum Gasteiger partial charge on any atom is 0.261 e. The summed E-state index contributed by atoms with van der Waals surface area (Å²) in [6, 6.07) is 14.9. The van der Waals surface area contributed by atoms with Crippen LogP contribution in [0.5, 0.6) is 0 Å². The molecule has 0 bridgehead atoms. The van der Waals surface area contributed by atoms with Gasteiger partial charge in [-0.15, -0.1) is 0 Å². The van der Waals surface area contributed by atoms with Gasteiger partial charge in [-0.25, -0.2) is 0 Å². The number of benzene rings is 2. The van der Waals surface area contributed by atoms with Crippen LogP contribution in [-0.2, 0) is 20.8 Å². The molecule has 0 spiro atoms. The van der Waals surface area contributed by atoms with E-state index in [9.17, 15) is 24.0 Å². The number of thiol groups is 1. The molecule has 0 aromatic heterocycles. The van der Waals surface area contributed by atoms with Crippen LogP contribution >= 0.6 is 12.6 Å². The first-order chi connectivity index (χ1) is 22.3. The van der Waals surface area contributed by atoms with Gasteiger partial charge in [0.05, 0.1) is 16.4 Å². The number of fused-ring (bicyclic) bond motifs is 1. The standard InChI is InChI=1S/C36H42N4O5S/c1-37-32(41)30(22-24-12-4-2-5-13-24)39-21-19-26(25-14-6-3-7-15-25)23-29(36(39)45)38-33(42)31(46)18-10-11-20-40-34(43)27-16-8-9-17-28(27)35(40)44/h2-9,12-14,16-17,25-26,29-31,46H,10-11,15,18-23H2,1H3,(H,37,41)(H,38,42)/t25?,26-,29+,30+,31?/m1/s1. The summed E-state index contributed by atoms with van der Waals surface area (Å²) in [6.07, 6.45) is 12.3. The van der Waals surface area contributed by atoms with Gasteiger partial charge in [0, 0.05) is 26.6 Å². The molecule has 3 aliphatic rings. The minimum Gasteiger partial charge on any atom is -0.357 e. The van der Waals surface area contributed by atoms with Crippen LogP contribution in [0, 0.1) is 11.8 Å². The molecule has 2 unspecified atom stereocenters. The van der Waals surface area contributed by atoms with Crippen LogP contribution in [0.15, 0.2) is 78.9 Å². The third-order valence-electron chi connectivity index (χ3n) is 9.28. The van der Waals surface area contributed by atoms with E-state index in [0.717, 1.165) is 12.0 Å². The Morgan fingerprint density at radius 1 is 0.935 bits per heavy atom. The predicted octanol–water partition coefficient (Wildman–Crippen LogP) is 3.96. The van der Waals surface area contributed by atoms with Crippen LogP contribution in [0.1, 0.15) is 64.8 Å². The Hall–Kier alpha value is -4.18. The average molecular weight is 643 g/mol. The van der Waals surface area contributed by atoms with Gasteiger partial charge in [-0.2, -0.15) is 12.6 Å². The number of hydrogen-bond acceptors (Lipinski definition) is 6. The first-order valence-corrected chi connectivity index (χ1v) is 16.6. The van der Waals surface area contributed by atoms with E-state index in [1.165, 1.54) is 4.90 Å². The summed E-state index contributed by atoms with van der Waals surface area (Å²) in [5.41, 5.74) is 1.78. The maximum atomic E-state index is 14.2. The summed E-state index contributed by atoms with van der Waals surface area (Å²) in [6.45, 7) is 0.675. The van der Waals surface area contributed by atoms with Crippen LogP contribution in [-0.4, -0.2) is 76.8 Å². The minimum absolute atomic E-state index is 0.139. The number of carbonyl (C=O) groups is 5. The fourth-order valence-corrected chi connectivity index (χ4v) is 6.96. The van der Waals surface area contributed by atoms with E-state index in [2.05, 4.69) is 35.4 Å². The second kappa shape index (κ2) is 15.4. The number of nitrogens with one attached hydrogen (secondary N) is 2. The van der Waals surface area contributed by atoms with Crippen molar-refractivity contribution < 1.29 is 24.0 Å². The summed E-state index contributed by atoms with van der Waals surface area (Å²) in [7, 11) is 1.57. The molecule has 5 atom stereocenters. The molecule has 0 saturated carbocycles. The molecule has 1 aliphatic carbocycles. The fraction of sp³-hybridized carbons (Fsp3) is 0.417. The number of hydrogen-bond donors (Lipinski definition) is 3. The number of nitrogens with zero attached hydrogens (tertiary/aromatic N) is 2. The van der Waals surface area contributed by atoms with Crippen molar-refractivity contribution in [1.82, 2.24) is 20.4 Å². The zero-order valence-corrected chi connectivity index (χ0v) is 27.0. The largest absolute Gasteiger partial charge is 0.357 e. The summed E-state index contributed by atoms with van der Waals surface area (Å²) < 4.78 is 0. The van der Waals surface area contributed by atoms with Gasteiger partial charge in [-0.05, 0) is 61.6 Å². The van der Waals surface area contributed by atoms with E-state index in [-0.39, 0.29) is 47.9 Å². The van der Waals surface area contributed by atoms with Crippen molar-refractivity contribution in [1.29, 1.82) is 0 Å². The lowest BCUT2D eigenvalue weighted by atomic mass is 9.81. The van der Waals surface area contributed by atoms with Crippen LogP contribution in [0.4, 0.5) is 0 Å². The second-order valence-electron chi connectivity index (χ2n) is 12.2. The predicted molar refractivity (Wildman–Crippen MR) is 179 cm³/mol. The molecule has 46 heavy (non-hydrogen) atoms. The maximum absolute atomic E-state index is 14.2. The normalized spacial score (nSPS) is 22.3. The average Bonchev–Trinajstić information content (AvgIpc) is 3.21. The highest BCUT2D eigenvalue weighted by atomic mass is 32.1. The molecule has 2 aromatic rings. The van der Waals surface area contributed by atoms with Gasteiger partial charge < -0.3 is 15.5 Å². The Bertz CT molecular complexity index is 1470. The summed E-state index contributed by atoms with van der Waals surface area (Å²) in [5.74, 6) is -1.07. The number of likely N-dealkylation sites (N-methyl/N-ethyl adjacent to an activating group) is 1. The monoisotopic (exact) mass is 642 g/mol. The number of allylic oxidation sites excluding steroid dienone is 4. The molecular formula is C36H42N4O5S. The van der Waals surface area contributed by atoms with Crippen molar-refractivity contribution in [2.45, 2.75) is 62.3 Å². The molecule has 10 heteroatoms. The fourth-order valence-electron chi connectivity index (χ4n) is 6.70. The van der Waals surface area contributed by atoms with E-state index in [1.54, 1.807) is 36.2 Å². The SMILES string of the molecule is CNC(=O)[C@H](Cc1ccccc1)N1CC[C@@H](C2C=CC=CC2)C[C@H](NC(=O)C(S)CCCCN2C(=O)c3ccccc3C2=O)C1=O. The van der Waals surface area contributed by atoms with Crippen molar-refractivity contribution in [3.8, 4) is 0 Å². The number of imide groups is 1. The molecule has 5 amide bonds. The third kappa shape index (κ3) is 7.61. The third-order valence-corrected chi connectivity index (χ3v) is 9.78. The summed E-state index contributed by atoms with van der Waals surface area (Å²) >= 11 is 4.57. The highest BCUT2D eigenvalue weighted by Gasteiger charge is 2.40. The minimum atomic E-state index is -0.796. The Labute approximate surface area is 275 Å². The van der Waals surface area contributed by atoms with E-state index >= 15 is 0 Å². The smallest absolute Gasteiger partial charge is 0.261 e. The van der Waals surface area contributed by atoms with Gasteiger partial charge in [0.15, 0.2) is 0 Å². The van der Waals surface area contributed by atoms with Gasteiger partial charge in [-0.1, -0.05) is 73.2 Å². The van der Waals surface area contributed by atoms with Crippen molar-refractivity contribution >= 4 is 42.2 Å². The number of likely N-dealkylation sites (tertiary alicyclic amines) is 1. The zero-order chi connectivity index (χ0) is 32.6. The molecule has 2 N–H and O–H groups in total. The molecule has 2 aromatic carbocycles. The lowest BCUT2D eigenvalue weighted by Gasteiger charge is -2.32. The van der Waals surface area contributed by atoms with E-state index in [1.807, 2.05) is 42.5 Å². The molecule has 9 nitrogen and oxygen atoms in total. The van der Waals surface area contributed by atoms with Crippen LogP contribution in [0.3, 0.4) is 0 Å². The van der Waals surface area contributed by atoms with Crippen LogP contribution in [0.25, 0.3) is 0 Å². The molecule has 0 radical (unpaired) electrons. The quantitative estimate of drug-likeness (QED) is 0.184. The molecular weight excluding hydrogens is 600 g/mol. The second-order valence-corrected chi connectivity index (χ2v) is 12.9. The highest BCUT2D eigenvalue weighted by molar-refractivity contribution is 7.81. The first-order valence-electron chi connectivity index (χ1n) is 16.1. The Kier molecular flexibility index (Phi) is 11.1. The highest BCUT2D eigenvalue weighted by Crippen LogP contribution is 2.32. The number of unbranched alkanes of at least 4 members (excludes halogenated alkanes) is 1. The van der Waals surface area contributed by atoms with Gasteiger partial charge >= 0.3 is 0 Å². The molecule has 2 heterocycles. The number of carbonyl (C=O) groups excluding carboxylic acids is 5. The van der Waals surface area contributed by atoms with Crippen molar-refractivity contribution in [3.63, 3.8) is 0 Å².